The van der Waals surface area contributed by atoms with E-state index in [1.165, 1.54) is 31.4 Å². The maximum Gasteiger partial charge on any atom is 0.150 e. The Morgan fingerprint density at radius 2 is 1.94 bits per heavy atom. The highest BCUT2D eigenvalue weighted by Gasteiger charge is 2.16. The molecule has 2 heteroatoms. The number of nitrogens with zero attached hydrogens (tertiary/aromatic N) is 1. The standard InChI is InChI=1S/C14H19NO/c1-12-5-3-2-4-10-15(12)14-8-6-13(11-16)7-9-14/h6-9,11-12H,2-5,10H2,1H3. The lowest BCUT2D eigenvalue weighted by Gasteiger charge is -2.29. The predicted octanol–water partition coefficient (Wildman–Crippen LogP) is 3.27. The van der Waals surface area contributed by atoms with Gasteiger partial charge in [0.15, 0.2) is 0 Å². The van der Waals surface area contributed by atoms with E-state index in [1.807, 2.05) is 12.1 Å². The van der Waals surface area contributed by atoms with E-state index >= 15 is 0 Å². The van der Waals surface area contributed by atoms with Crippen LogP contribution in [0, 0.1) is 0 Å². The Kier molecular flexibility index (Phi) is 3.60. The van der Waals surface area contributed by atoms with Crippen LogP contribution in [0.1, 0.15) is 43.0 Å². The fourth-order valence-corrected chi connectivity index (χ4v) is 2.40. The molecule has 1 aromatic rings. The summed E-state index contributed by atoms with van der Waals surface area (Å²) in [5.41, 5.74) is 2.01. The second-order valence-electron chi connectivity index (χ2n) is 4.60. The molecule has 0 radical (unpaired) electrons. The number of carbonyl (C=O) groups is 1. The molecule has 0 spiro atoms. The first-order valence-electron chi connectivity index (χ1n) is 6.13. The van der Waals surface area contributed by atoms with Gasteiger partial charge in [-0.25, -0.2) is 0 Å². The molecule has 1 aromatic carbocycles. The van der Waals surface area contributed by atoms with Gasteiger partial charge in [0.1, 0.15) is 6.29 Å². The first-order valence-corrected chi connectivity index (χ1v) is 6.13. The number of hydrogen-bond acceptors (Lipinski definition) is 2. The molecule has 0 saturated carbocycles. The summed E-state index contributed by atoms with van der Waals surface area (Å²) in [6, 6.07) is 8.54. The summed E-state index contributed by atoms with van der Waals surface area (Å²) in [7, 11) is 0. The van der Waals surface area contributed by atoms with E-state index in [9.17, 15) is 4.79 Å². The highest BCUT2D eigenvalue weighted by molar-refractivity contribution is 5.75. The largest absolute Gasteiger partial charge is 0.369 e. The van der Waals surface area contributed by atoms with Crippen LogP contribution in [-0.4, -0.2) is 18.9 Å². The zero-order valence-electron chi connectivity index (χ0n) is 9.86. The molecule has 0 aliphatic carbocycles. The summed E-state index contributed by atoms with van der Waals surface area (Å²) >= 11 is 0. The topological polar surface area (TPSA) is 20.3 Å². The normalized spacial score (nSPS) is 21.6. The van der Waals surface area contributed by atoms with Crippen molar-refractivity contribution in [2.75, 3.05) is 11.4 Å². The van der Waals surface area contributed by atoms with Gasteiger partial charge >= 0.3 is 0 Å². The van der Waals surface area contributed by atoms with Gasteiger partial charge in [0.2, 0.25) is 0 Å². The van der Waals surface area contributed by atoms with Crippen LogP contribution in [0.3, 0.4) is 0 Å². The number of carbonyl (C=O) groups excluding carboxylic acids is 1. The third kappa shape index (κ3) is 2.43. The summed E-state index contributed by atoms with van der Waals surface area (Å²) in [5, 5.41) is 0. The first kappa shape index (κ1) is 11.2. The van der Waals surface area contributed by atoms with Crippen molar-refractivity contribution in [2.45, 2.75) is 38.6 Å². The van der Waals surface area contributed by atoms with Crippen LogP contribution in [0.2, 0.25) is 0 Å². The van der Waals surface area contributed by atoms with E-state index in [1.54, 1.807) is 0 Å². The van der Waals surface area contributed by atoms with Crippen LogP contribution in [0.15, 0.2) is 24.3 Å². The molecule has 1 unspecified atom stereocenters. The Hall–Kier alpha value is -1.31. The molecule has 1 aliphatic rings. The molecule has 2 rings (SSSR count). The Morgan fingerprint density at radius 3 is 2.62 bits per heavy atom. The SMILES string of the molecule is CC1CCCCCN1c1ccc(C=O)cc1. The quantitative estimate of drug-likeness (QED) is 0.709. The smallest absolute Gasteiger partial charge is 0.150 e. The molecule has 86 valence electrons. The molecule has 0 aromatic heterocycles. The second-order valence-corrected chi connectivity index (χ2v) is 4.60. The summed E-state index contributed by atoms with van der Waals surface area (Å²) in [5.74, 6) is 0. The Labute approximate surface area is 97.3 Å². The number of aldehydes is 1. The van der Waals surface area contributed by atoms with Gasteiger partial charge < -0.3 is 4.90 Å². The van der Waals surface area contributed by atoms with Gasteiger partial charge in [-0.05, 0) is 44.0 Å². The van der Waals surface area contributed by atoms with E-state index in [4.69, 9.17) is 0 Å². The van der Waals surface area contributed by atoms with Crippen molar-refractivity contribution >= 4 is 12.0 Å². The molecular weight excluding hydrogens is 198 g/mol. The fourth-order valence-electron chi connectivity index (χ4n) is 2.40. The van der Waals surface area contributed by atoms with Crippen molar-refractivity contribution in [1.82, 2.24) is 0 Å². The van der Waals surface area contributed by atoms with E-state index in [2.05, 4.69) is 24.0 Å². The molecule has 1 atom stereocenters. The minimum Gasteiger partial charge on any atom is -0.369 e. The number of hydrogen-bond donors (Lipinski definition) is 0. The minimum absolute atomic E-state index is 0.615. The monoisotopic (exact) mass is 217 g/mol. The molecule has 16 heavy (non-hydrogen) atoms. The van der Waals surface area contributed by atoms with Crippen molar-refractivity contribution in [3.63, 3.8) is 0 Å². The summed E-state index contributed by atoms with van der Waals surface area (Å²) in [6.45, 7) is 3.43. The summed E-state index contributed by atoms with van der Waals surface area (Å²) in [4.78, 5) is 13.1. The summed E-state index contributed by atoms with van der Waals surface area (Å²) in [6.07, 6.45) is 6.13. The van der Waals surface area contributed by atoms with Gasteiger partial charge in [-0.3, -0.25) is 4.79 Å². The summed E-state index contributed by atoms with van der Waals surface area (Å²) < 4.78 is 0. The Balaban J connectivity index is 2.17. The van der Waals surface area contributed by atoms with Gasteiger partial charge in [0.05, 0.1) is 0 Å². The van der Waals surface area contributed by atoms with Gasteiger partial charge in [0, 0.05) is 23.8 Å². The molecule has 1 aliphatic heterocycles. The lowest BCUT2D eigenvalue weighted by molar-refractivity contribution is 0.112. The van der Waals surface area contributed by atoms with E-state index in [0.29, 0.717) is 6.04 Å². The van der Waals surface area contributed by atoms with Crippen molar-refractivity contribution in [3.05, 3.63) is 29.8 Å². The lowest BCUT2D eigenvalue weighted by atomic mass is 10.1. The number of rotatable bonds is 2. The van der Waals surface area contributed by atoms with Crippen molar-refractivity contribution in [1.29, 1.82) is 0 Å². The second kappa shape index (κ2) is 5.15. The highest BCUT2D eigenvalue weighted by Crippen LogP contribution is 2.23. The molecule has 0 N–H and O–H groups in total. The molecule has 1 saturated heterocycles. The zero-order valence-corrected chi connectivity index (χ0v) is 9.86. The van der Waals surface area contributed by atoms with Gasteiger partial charge in [0.25, 0.3) is 0 Å². The number of anilines is 1. The van der Waals surface area contributed by atoms with Gasteiger partial charge in [-0.15, -0.1) is 0 Å². The van der Waals surface area contributed by atoms with E-state index in [-0.39, 0.29) is 0 Å². The molecule has 1 fully saturated rings. The van der Waals surface area contributed by atoms with Crippen molar-refractivity contribution < 1.29 is 4.79 Å². The van der Waals surface area contributed by atoms with Gasteiger partial charge in [-0.1, -0.05) is 12.8 Å². The third-order valence-electron chi connectivity index (χ3n) is 3.41. The number of benzene rings is 1. The third-order valence-corrected chi connectivity index (χ3v) is 3.41. The Bertz CT molecular complexity index is 344. The maximum absolute atomic E-state index is 10.6. The maximum atomic E-state index is 10.6. The molecule has 0 bridgehead atoms. The van der Waals surface area contributed by atoms with E-state index < -0.39 is 0 Å². The van der Waals surface area contributed by atoms with Crippen LogP contribution >= 0.6 is 0 Å². The average molecular weight is 217 g/mol. The average Bonchev–Trinajstić information content (AvgIpc) is 2.54. The fraction of sp³-hybridized carbons (Fsp3) is 0.500. The molecular formula is C14H19NO. The Morgan fingerprint density at radius 1 is 1.19 bits per heavy atom. The molecule has 2 nitrogen and oxygen atoms in total. The van der Waals surface area contributed by atoms with Crippen LogP contribution in [0.5, 0.6) is 0 Å². The van der Waals surface area contributed by atoms with Crippen molar-refractivity contribution in [3.8, 4) is 0 Å². The van der Waals surface area contributed by atoms with Gasteiger partial charge in [-0.2, -0.15) is 0 Å². The first-order chi connectivity index (χ1) is 7.81. The van der Waals surface area contributed by atoms with Crippen LogP contribution in [-0.2, 0) is 0 Å². The van der Waals surface area contributed by atoms with Crippen LogP contribution in [0.4, 0.5) is 5.69 Å². The molecule has 0 amide bonds. The molecule has 1 heterocycles. The van der Waals surface area contributed by atoms with E-state index in [0.717, 1.165) is 18.4 Å². The van der Waals surface area contributed by atoms with Crippen LogP contribution < -0.4 is 4.90 Å². The minimum atomic E-state index is 0.615. The zero-order chi connectivity index (χ0) is 11.4. The lowest BCUT2D eigenvalue weighted by Crippen LogP contribution is -2.32. The highest BCUT2D eigenvalue weighted by atomic mass is 16.1. The predicted molar refractivity (Wildman–Crippen MR) is 67.1 cm³/mol. The van der Waals surface area contributed by atoms with Crippen LogP contribution in [0.25, 0.3) is 0 Å². The van der Waals surface area contributed by atoms with Crippen molar-refractivity contribution in [2.24, 2.45) is 0 Å².